The van der Waals surface area contributed by atoms with Gasteiger partial charge in [0.1, 0.15) is 0 Å². The molecule has 0 aromatic carbocycles. The minimum atomic E-state index is 0.0110. The summed E-state index contributed by atoms with van der Waals surface area (Å²) in [5, 5.41) is 4.12. The first kappa shape index (κ1) is 14.5. The summed E-state index contributed by atoms with van der Waals surface area (Å²) in [5.74, 6) is 0. The van der Waals surface area contributed by atoms with E-state index in [1.165, 1.54) is 0 Å². The fraction of sp³-hybridized carbons (Fsp3) is 0.353. The highest BCUT2D eigenvalue weighted by molar-refractivity contribution is 5.60. The molecular formula is C17H20N4O. The highest BCUT2D eigenvalue weighted by atomic mass is 16.1. The molecule has 0 aliphatic heterocycles. The average Bonchev–Trinajstić information content (AvgIpc) is 2.92. The summed E-state index contributed by atoms with van der Waals surface area (Å²) in [7, 11) is 0. The molecule has 3 heterocycles. The minimum Gasteiger partial charge on any atom is -0.315 e. The minimum absolute atomic E-state index is 0.0110. The number of aromatic nitrogens is 4. The van der Waals surface area contributed by atoms with Gasteiger partial charge in [-0.2, -0.15) is 5.10 Å². The van der Waals surface area contributed by atoms with E-state index < -0.39 is 0 Å². The van der Waals surface area contributed by atoms with Gasteiger partial charge in [-0.25, -0.2) is 9.50 Å². The van der Waals surface area contributed by atoms with Gasteiger partial charge in [-0.15, -0.1) is 0 Å². The predicted octanol–water partition coefficient (Wildman–Crippen LogP) is 2.99. The van der Waals surface area contributed by atoms with E-state index >= 15 is 0 Å². The SMILES string of the molecule is CC(C)(C)CCn1ccc(-c2ccn3nccc3n2)cc1=O. The van der Waals surface area contributed by atoms with Gasteiger partial charge in [-0.3, -0.25) is 4.79 Å². The Morgan fingerprint density at radius 3 is 2.68 bits per heavy atom. The van der Waals surface area contributed by atoms with E-state index in [0.717, 1.165) is 29.9 Å². The molecule has 3 aromatic rings. The zero-order chi connectivity index (χ0) is 15.7. The standard InChI is InChI=1S/C17H20N4O/c1-17(2,3)7-11-20-9-5-13(12-16(20)22)14-6-10-21-15(19-14)4-8-18-21/h4-6,8-10,12H,7,11H2,1-3H3. The van der Waals surface area contributed by atoms with Crippen molar-refractivity contribution in [3.05, 3.63) is 53.2 Å². The van der Waals surface area contributed by atoms with Crippen molar-refractivity contribution in [2.75, 3.05) is 0 Å². The van der Waals surface area contributed by atoms with Crippen molar-refractivity contribution in [2.45, 2.75) is 33.7 Å². The molecule has 0 unspecified atom stereocenters. The van der Waals surface area contributed by atoms with Crippen molar-refractivity contribution >= 4 is 5.65 Å². The van der Waals surface area contributed by atoms with Gasteiger partial charge in [0, 0.05) is 36.6 Å². The number of nitrogens with zero attached hydrogens (tertiary/aromatic N) is 4. The number of rotatable bonds is 3. The fourth-order valence-corrected chi connectivity index (χ4v) is 2.28. The summed E-state index contributed by atoms with van der Waals surface area (Å²) >= 11 is 0. The smallest absolute Gasteiger partial charge is 0.251 e. The monoisotopic (exact) mass is 296 g/mol. The largest absolute Gasteiger partial charge is 0.315 e. The number of hydrogen-bond acceptors (Lipinski definition) is 3. The second-order valence-electron chi connectivity index (χ2n) is 6.70. The number of aryl methyl sites for hydroxylation is 1. The molecule has 0 bridgehead atoms. The van der Waals surface area contributed by atoms with Gasteiger partial charge < -0.3 is 4.57 Å². The van der Waals surface area contributed by atoms with E-state index in [2.05, 4.69) is 30.9 Å². The summed E-state index contributed by atoms with van der Waals surface area (Å²) in [5.41, 5.74) is 2.62. The lowest BCUT2D eigenvalue weighted by Gasteiger charge is -2.18. The van der Waals surface area contributed by atoms with Crippen LogP contribution >= 0.6 is 0 Å². The van der Waals surface area contributed by atoms with Crippen LogP contribution in [0.4, 0.5) is 0 Å². The van der Waals surface area contributed by atoms with Crippen LogP contribution in [0.15, 0.2) is 47.7 Å². The topological polar surface area (TPSA) is 52.2 Å². The predicted molar refractivity (Wildman–Crippen MR) is 86.8 cm³/mol. The first-order valence-corrected chi connectivity index (χ1v) is 7.44. The molecule has 0 spiro atoms. The Morgan fingerprint density at radius 1 is 1.14 bits per heavy atom. The number of pyridine rings is 1. The van der Waals surface area contributed by atoms with Crippen LogP contribution in [-0.4, -0.2) is 19.2 Å². The van der Waals surface area contributed by atoms with Crippen LogP contribution in [-0.2, 0) is 6.54 Å². The first-order chi connectivity index (χ1) is 10.4. The summed E-state index contributed by atoms with van der Waals surface area (Å²) in [6, 6.07) is 7.31. The molecule has 3 aromatic heterocycles. The Balaban J connectivity index is 1.89. The molecule has 0 saturated heterocycles. The molecule has 0 radical (unpaired) electrons. The molecule has 0 aliphatic rings. The quantitative estimate of drug-likeness (QED) is 0.746. The maximum Gasteiger partial charge on any atom is 0.251 e. The van der Waals surface area contributed by atoms with E-state index in [4.69, 9.17) is 0 Å². The molecule has 0 aliphatic carbocycles. The zero-order valence-electron chi connectivity index (χ0n) is 13.2. The summed E-state index contributed by atoms with van der Waals surface area (Å²) < 4.78 is 3.46. The molecule has 0 atom stereocenters. The molecule has 0 amide bonds. The van der Waals surface area contributed by atoms with Crippen molar-refractivity contribution in [1.82, 2.24) is 19.2 Å². The van der Waals surface area contributed by atoms with Crippen molar-refractivity contribution in [3.63, 3.8) is 0 Å². The van der Waals surface area contributed by atoms with Crippen molar-refractivity contribution < 1.29 is 0 Å². The molecule has 22 heavy (non-hydrogen) atoms. The summed E-state index contributed by atoms with van der Waals surface area (Å²) in [6.07, 6.45) is 6.37. The maximum atomic E-state index is 12.3. The van der Waals surface area contributed by atoms with Crippen LogP contribution in [0.5, 0.6) is 0 Å². The summed E-state index contributed by atoms with van der Waals surface area (Å²) in [4.78, 5) is 16.8. The molecule has 5 heteroatoms. The Hall–Kier alpha value is -2.43. The van der Waals surface area contributed by atoms with Gasteiger partial charge in [0.05, 0.1) is 11.9 Å². The third-order valence-corrected chi connectivity index (χ3v) is 3.65. The molecule has 0 fully saturated rings. The second kappa shape index (κ2) is 5.40. The van der Waals surface area contributed by atoms with Gasteiger partial charge in [0.15, 0.2) is 5.65 Å². The average molecular weight is 296 g/mol. The van der Waals surface area contributed by atoms with E-state index in [0.29, 0.717) is 0 Å². The van der Waals surface area contributed by atoms with E-state index in [-0.39, 0.29) is 11.0 Å². The Kier molecular flexibility index (Phi) is 3.56. The van der Waals surface area contributed by atoms with Gasteiger partial charge in [-0.05, 0) is 24.0 Å². The van der Waals surface area contributed by atoms with Crippen molar-refractivity contribution in [2.24, 2.45) is 5.41 Å². The molecule has 5 nitrogen and oxygen atoms in total. The highest BCUT2D eigenvalue weighted by Crippen LogP contribution is 2.19. The lowest BCUT2D eigenvalue weighted by atomic mass is 9.92. The normalized spacial score (nSPS) is 12.0. The van der Waals surface area contributed by atoms with Gasteiger partial charge in [0.25, 0.3) is 5.56 Å². The molecule has 0 saturated carbocycles. The van der Waals surface area contributed by atoms with E-state index in [1.807, 2.05) is 30.6 Å². The Bertz CT molecular complexity index is 855. The highest BCUT2D eigenvalue weighted by Gasteiger charge is 2.11. The van der Waals surface area contributed by atoms with Gasteiger partial charge in [0.2, 0.25) is 0 Å². The van der Waals surface area contributed by atoms with Crippen LogP contribution < -0.4 is 5.56 Å². The van der Waals surface area contributed by atoms with Crippen LogP contribution in [0, 0.1) is 5.41 Å². The zero-order valence-corrected chi connectivity index (χ0v) is 13.2. The van der Waals surface area contributed by atoms with Crippen molar-refractivity contribution in [3.8, 4) is 11.3 Å². The van der Waals surface area contributed by atoms with E-state index in [9.17, 15) is 4.79 Å². The fourth-order valence-electron chi connectivity index (χ4n) is 2.28. The molecular weight excluding hydrogens is 276 g/mol. The van der Waals surface area contributed by atoms with Crippen molar-refractivity contribution in [1.29, 1.82) is 0 Å². The number of hydrogen-bond donors (Lipinski definition) is 0. The van der Waals surface area contributed by atoms with Crippen LogP contribution in [0.3, 0.4) is 0 Å². The lowest BCUT2D eigenvalue weighted by Crippen LogP contribution is -2.21. The molecule has 0 N–H and O–H groups in total. The van der Waals surface area contributed by atoms with Crippen LogP contribution in [0.25, 0.3) is 16.9 Å². The third kappa shape index (κ3) is 3.08. The third-order valence-electron chi connectivity index (χ3n) is 3.65. The van der Waals surface area contributed by atoms with Gasteiger partial charge in [-0.1, -0.05) is 20.8 Å². The van der Waals surface area contributed by atoms with Crippen LogP contribution in [0.2, 0.25) is 0 Å². The van der Waals surface area contributed by atoms with E-state index in [1.54, 1.807) is 21.3 Å². The second-order valence-corrected chi connectivity index (χ2v) is 6.70. The summed E-state index contributed by atoms with van der Waals surface area (Å²) in [6.45, 7) is 7.27. The Labute approximate surface area is 129 Å². The lowest BCUT2D eigenvalue weighted by molar-refractivity contribution is 0.348. The van der Waals surface area contributed by atoms with Gasteiger partial charge >= 0.3 is 0 Å². The molecule has 114 valence electrons. The number of fused-ring (bicyclic) bond motifs is 1. The Morgan fingerprint density at radius 2 is 1.95 bits per heavy atom. The molecule has 3 rings (SSSR count). The van der Waals surface area contributed by atoms with Crippen LogP contribution in [0.1, 0.15) is 27.2 Å². The first-order valence-electron chi connectivity index (χ1n) is 7.44. The maximum absolute atomic E-state index is 12.3.